The Labute approximate surface area is 150 Å². The Balaban J connectivity index is 1.44. The molecule has 3 nitrogen and oxygen atoms in total. The van der Waals surface area contributed by atoms with Crippen molar-refractivity contribution in [3.8, 4) is 5.75 Å². The van der Waals surface area contributed by atoms with E-state index in [-0.39, 0.29) is 0 Å². The van der Waals surface area contributed by atoms with Crippen molar-refractivity contribution in [1.29, 1.82) is 0 Å². The maximum absolute atomic E-state index is 6.16. The van der Waals surface area contributed by atoms with Gasteiger partial charge in [-0.2, -0.15) is 0 Å². The van der Waals surface area contributed by atoms with Crippen LogP contribution in [0, 0.1) is 0 Å². The van der Waals surface area contributed by atoms with Crippen LogP contribution < -0.4 is 10.1 Å². The number of fused-ring (bicyclic) bond motifs is 1. The van der Waals surface area contributed by atoms with Crippen molar-refractivity contribution < 1.29 is 4.74 Å². The van der Waals surface area contributed by atoms with Gasteiger partial charge in [0, 0.05) is 18.0 Å². The van der Waals surface area contributed by atoms with Crippen LogP contribution in [0.15, 0.2) is 60.9 Å². The summed E-state index contributed by atoms with van der Waals surface area (Å²) >= 11 is 0. The summed E-state index contributed by atoms with van der Waals surface area (Å²) in [4.78, 5) is 0. The third-order valence-corrected chi connectivity index (χ3v) is 4.46. The zero-order valence-corrected chi connectivity index (χ0v) is 15.2. The second-order valence-corrected chi connectivity index (χ2v) is 6.75. The van der Waals surface area contributed by atoms with E-state index in [0.717, 1.165) is 43.8 Å². The average Bonchev–Trinajstić information content (AvgIpc) is 3.01. The van der Waals surface area contributed by atoms with Gasteiger partial charge in [0.2, 0.25) is 0 Å². The minimum absolute atomic E-state index is 0.457. The number of ether oxygens (including phenoxy) is 1. The molecule has 0 spiro atoms. The first-order valence-electron chi connectivity index (χ1n) is 9.22. The van der Waals surface area contributed by atoms with E-state index >= 15 is 0 Å². The molecule has 3 aromatic rings. The highest BCUT2D eigenvalue weighted by molar-refractivity contribution is 5.65. The van der Waals surface area contributed by atoms with E-state index in [4.69, 9.17) is 4.74 Å². The van der Waals surface area contributed by atoms with Crippen LogP contribution in [0.2, 0.25) is 0 Å². The maximum atomic E-state index is 6.16. The van der Waals surface area contributed by atoms with Gasteiger partial charge in [-0.25, -0.2) is 0 Å². The number of rotatable bonds is 9. The van der Waals surface area contributed by atoms with Gasteiger partial charge < -0.3 is 14.5 Å². The van der Waals surface area contributed by atoms with Crippen LogP contribution in [0.1, 0.15) is 37.3 Å². The van der Waals surface area contributed by atoms with E-state index in [1.807, 2.05) is 0 Å². The van der Waals surface area contributed by atoms with Crippen LogP contribution in [0.5, 0.6) is 5.75 Å². The zero-order valence-electron chi connectivity index (χ0n) is 15.2. The quantitative estimate of drug-likeness (QED) is 0.575. The summed E-state index contributed by atoms with van der Waals surface area (Å²) in [5.41, 5.74) is 3.82. The Hall–Kier alpha value is -2.26. The van der Waals surface area contributed by atoms with Gasteiger partial charge in [-0.1, -0.05) is 50.2 Å². The molecular weight excluding hydrogens is 308 g/mol. The van der Waals surface area contributed by atoms with Crippen molar-refractivity contribution in [3.05, 3.63) is 72.1 Å². The Kier molecular flexibility index (Phi) is 6.13. The molecule has 0 radical (unpaired) electrons. The van der Waals surface area contributed by atoms with E-state index in [9.17, 15) is 0 Å². The molecule has 0 bridgehead atoms. The van der Waals surface area contributed by atoms with Gasteiger partial charge in [0.05, 0.1) is 12.1 Å². The zero-order chi connectivity index (χ0) is 17.5. The lowest BCUT2D eigenvalue weighted by Crippen LogP contribution is -2.20. The van der Waals surface area contributed by atoms with Crippen molar-refractivity contribution in [2.75, 3.05) is 19.7 Å². The lowest BCUT2D eigenvalue weighted by Gasteiger charge is -2.10. The molecular formula is C22H28N2O. The van der Waals surface area contributed by atoms with Gasteiger partial charge >= 0.3 is 0 Å². The molecule has 25 heavy (non-hydrogen) atoms. The first-order valence-corrected chi connectivity index (χ1v) is 9.22. The van der Waals surface area contributed by atoms with Gasteiger partial charge in [-0.15, -0.1) is 0 Å². The predicted octanol–water partition coefficient (Wildman–Crippen LogP) is 4.66. The highest BCUT2D eigenvalue weighted by Crippen LogP contribution is 2.32. The monoisotopic (exact) mass is 336 g/mol. The molecule has 132 valence electrons. The largest absolute Gasteiger partial charge is 0.491 e. The van der Waals surface area contributed by atoms with Gasteiger partial charge in [0.15, 0.2) is 0 Å². The lowest BCUT2D eigenvalue weighted by atomic mass is 10.1. The van der Waals surface area contributed by atoms with E-state index in [1.54, 1.807) is 0 Å². The number of benzene rings is 1. The molecule has 0 unspecified atom stereocenters. The van der Waals surface area contributed by atoms with Crippen molar-refractivity contribution >= 4 is 5.52 Å². The first-order chi connectivity index (χ1) is 12.3. The van der Waals surface area contributed by atoms with Crippen molar-refractivity contribution in [3.63, 3.8) is 0 Å². The molecule has 0 saturated carbocycles. The Bertz CT molecular complexity index is 777. The number of nitrogens with zero attached hydrogens (tertiary/aromatic N) is 1. The summed E-state index contributed by atoms with van der Waals surface area (Å²) in [6, 6.07) is 16.8. The van der Waals surface area contributed by atoms with Crippen molar-refractivity contribution in [1.82, 2.24) is 9.72 Å². The van der Waals surface area contributed by atoms with E-state index in [2.05, 4.69) is 84.5 Å². The number of hydrogen-bond acceptors (Lipinski definition) is 2. The first kappa shape index (κ1) is 17.6. The van der Waals surface area contributed by atoms with Gasteiger partial charge in [-0.3, -0.25) is 0 Å². The summed E-state index contributed by atoms with van der Waals surface area (Å²) in [5.74, 6) is 1.50. The maximum Gasteiger partial charge on any atom is 0.148 e. The Morgan fingerprint density at radius 3 is 2.60 bits per heavy atom. The minimum Gasteiger partial charge on any atom is -0.491 e. The fourth-order valence-electron chi connectivity index (χ4n) is 3.06. The van der Waals surface area contributed by atoms with Crippen LogP contribution in [0.4, 0.5) is 0 Å². The summed E-state index contributed by atoms with van der Waals surface area (Å²) in [6.45, 7) is 7.16. The van der Waals surface area contributed by atoms with E-state index in [1.165, 1.54) is 11.1 Å². The highest BCUT2D eigenvalue weighted by Gasteiger charge is 2.14. The number of aromatic nitrogens is 1. The fraction of sp³-hybridized carbons (Fsp3) is 0.364. The second-order valence-electron chi connectivity index (χ2n) is 6.75. The fourth-order valence-corrected chi connectivity index (χ4v) is 3.06. The minimum atomic E-state index is 0.457. The van der Waals surface area contributed by atoms with Gasteiger partial charge in [0.25, 0.3) is 0 Å². The number of pyridine rings is 1. The summed E-state index contributed by atoms with van der Waals surface area (Å²) in [5, 5.41) is 3.50. The molecule has 0 atom stereocenters. The van der Waals surface area contributed by atoms with E-state index in [0.29, 0.717) is 5.92 Å². The number of hydrogen-bond donors (Lipinski definition) is 1. The SMILES string of the molecule is CC(C)c1cn2ccccc2c1OCCCNCCc1ccccc1. The van der Waals surface area contributed by atoms with Crippen molar-refractivity contribution in [2.45, 2.75) is 32.6 Å². The van der Waals surface area contributed by atoms with Crippen LogP contribution >= 0.6 is 0 Å². The van der Waals surface area contributed by atoms with Crippen LogP contribution in [-0.2, 0) is 6.42 Å². The van der Waals surface area contributed by atoms with Crippen LogP contribution in [0.25, 0.3) is 5.52 Å². The predicted molar refractivity (Wildman–Crippen MR) is 105 cm³/mol. The molecule has 3 heteroatoms. The third kappa shape index (κ3) is 4.64. The average molecular weight is 336 g/mol. The molecule has 0 aliphatic rings. The summed E-state index contributed by atoms with van der Waals surface area (Å²) in [6.07, 6.45) is 6.35. The lowest BCUT2D eigenvalue weighted by molar-refractivity contribution is 0.308. The van der Waals surface area contributed by atoms with E-state index < -0.39 is 0 Å². The Morgan fingerprint density at radius 1 is 1.00 bits per heavy atom. The number of nitrogens with one attached hydrogen (secondary N) is 1. The Morgan fingerprint density at radius 2 is 1.80 bits per heavy atom. The van der Waals surface area contributed by atoms with Gasteiger partial charge in [-0.05, 0) is 49.5 Å². The highest BCUT2D eigenvalue weighted by atomic mass is 16.5. The molecule has 2 heterocycles. The second kappa shape index (κ2) is 8.72. The molecule has 1 N–H and O–H groups in total. The van der Waals surface area contributed by atoms with Crippen molar-refractivity contribution in [2.24, 2.45) is 0 Å². The molecule has 2 aromatic heterocycles. The standard InChI is InChI=1S/C22H28N2O/c1-18(2)20-17-24-15-7-6-11-21(24)22(20)25-16-8-13-23-14-12-19-9-4-3-5-10-19/h3-7,9-11,15,17-18,23H,8,12-14,16H2,1-2H3. The third-order valence-electron chi connectivity index (χ3n) is 4.46. The molecule has 0 amide bonds. The molecule has 0 aliphatic heterocycles. The normalized spacial score (nSPS) is 11.3. The smallest absolute Gasteiger partial charge is 0.148 e. The topological polar surface area (TPSA) is 25.7 Å². The molecule has 1 aromatic carbocycles. The van der Waals surface area contributed by atoms with Gasteiger partial charge in [0.1, 0.15) is 5.75 Å². The summed E-state index contributed by atoms with van der Waals surface area (Å²) < 4.78 is 8.31. The summed E-state index contributed by atoms with van der Waals surface area (Å²) in [7, 11) is 0. The van der Waals surface area contributed by atoms with Crippen LogP contribution in [-0.4, -0.2) is 24.1 Å². The van der Waals surface area contributed by atoms with Crippen LogP contribution in [0.3, 0.4) is 0 Å². The molecule has 0 aliphatic carbocycles. The molecule has 0 saturated heterocycles. The molecule has 3 rings (SSSR count). The molecule has 0 fully saturated rings.